The zero-order valence-corrected chi connectivity index (χ0v) is 15.1. The quantitative estimate of drug-likeness (QED) is 0.820. The SMILES string of the molecule is Cl.Cl.Fc1cc(Br)ccc1[C@H](C1CCC1)N1CCNCC1. The van der Waals surface area contributed by atoms with Gasteiger partial charge in [0, 0.05) is 42.3 Å². The minimum absolute atomic E-state index is 0. The molecule has 2 nitrogen and oxygen atoms in total. The van der Waals surface area contributed by atoms with Gasteiger partial charge in [-0.3, -0.25) is 4.90 Å². The summed E-state index contributed by atoms with van der Waals surface area (Å²) in [5, 5.41) is 3.38. The standard InChI is InChI=1S/C15H20BrFN2.2ClH/c16-12-4-5-13(14(17)10-12)15(11-2-1-3-11)19-8-6-18-7-9-19;;/h4-5,10-11,15,18H,1-3,6-9H2;2*1H/t15-;;/m0../s1. The summed E-state index contributed by atoms with van der Waals surface area (Å²) in [5.74, 6) is 0.568. The number of nitrogens with one attached hydrogen (secondary N) is 1. The number of halogens is 4. The van der Waals surface area contributed by atoms with Gasteiger partial charge in [-0.2, -0.15) is 0 Å². The van der Waals surface area contributed by atoms with Gasteiger partial charge in [-0.25, -0.2) is 4.39 Å². The number of benzene rings is 1. The van der Waals surface area contributed by atoms with Gasteiger partial charge in [0.15, 0.2) is 0 Å². The normalized spacial score (nSPS) is 20.9. The molecule has 0 bridgehead atoms. The fourth-order valence-corrected chi connectivity index (χ4v) is 3.54. The van der Waals surface area contributed by atoms with Crippen LogP contribution in [0.3, 0.4) is 0 Å². The van der Waals surface area contributed by atoms with Gasteiger partial charge in [-0.05, 0) is 30.9 Å². The summed E-state index contributed by atoms with van der Waals surface area (Å²) in [6.45, 7) is 4.08. The third-order valence-electron chi connectivity index (χ3n) is 4.42. The Morgan fingerprint density at radius 3 is 2.38 bits per heavy atom. The van der Waals surface area contributed by atoms with Gasteiger partial charge in [0.1, 0.15) is 5.82 Å². The van der Waals surface area contributed by atoms with Crippen LogP contribution in [-0.4, -0.2) is 31.1 Å². The summed E-state index contributed by atoms with van der Waals surface area (Å²) in [7, 11) is 0. The van der Waals surface area contributed by atoms with Crippen LogP contribution in [0.15, 0.2) is 22.7 Å². The molecular formula is C15H22BrCl2FN2. The highest BCUT2D eigenvalue weighted by Crippen LogP contribution is 2.42. The van der Waals surface area contributed by atoms with Gasteiger partial charge in [0.25, 0.3) is 0 Å². The first-order valence-electron chi connectivity index (χ1n) is 7.15. The van der Waals surface area contributed by atoms with Crippen molar-refractivity contribution < 1.29 is 4.39 Å². The zero-order chi connectivity index (χ0) is 13.2. The molecule has 1 saturated heterocycles. The molecule has 21 heavy (non-hydrogen) atoms. The summed E-state index contributed by atoms with van der Waals surface area (Å²) >= 11 is 3.35. The molecule has 1 aromatic carbocycles. The maximum absolute atomic E-state index is 14.3. The van der Waals surface area contributed by atoms with Crippen molar-refractivity contribution in [2.75, 3.05) is 26.2 Å². The second kappa shape index (κ2) is 8.68. The van der Waals surface area contributed by atoms with Gasteiger partial charge in [0.05, 0.1) is 0 Å². The molecule has 1 aromatic rings. The van der Waals surface area contributed by atoms with Crippen LogP contribution in [0.25, 0.3) is 0 Å². The Bertz CT molecular complexity index is 451. The van der Waals surface area contributed by atoms with E-state index in [0.29, 0.717) is 5.92 Å². The molecule has 2 aliphatic rings. The Balaban J connectivity index is 0.00000110. The van der Waals surface area contributed by atoms with Crippen molar-refractivity contribution in [2.45, 2.75) is 25.3 Å². The minimum atomic E-state index is -0.0650. The van der Waals surface area contributed by atoms with E-state index in [0.717, 1.165) is 36.2 Å². The Hall–Kier alpha value is 0.130. The number of rotatable bonds is 3. The largest absolute Gasteiger partial charge is 0.314 e. The van der Waals surface area contributed by atoms with Gasteiger partial charge in [0.2, 0.25) is 0 Å². The molecule has 0 amide bonds. The zero-order valence-electron chi connectivity index (χ0n) is 11.9. The van der Waals surface area contributed by atoms with E-state index >= 15 is 0 Å². The highest BCUT2D eigenvalue weighted by molar-refractivity contribution is 9.10. The summed E-state index contributed by atoms with van der Waals surface area (Å²) in [6.07, 6.45) is 3.78. The average molecular weight is 400 g/mol. The monoisotopic (exact) mass is 398 g/mol. The fraction of sp³-hybridized carbons (Fsp3) is 0.600. The maximum Gasteiger partial charge on any atom is 0.129 e. The molecule has 1 heterocycles. The van der Waals surface area contributed by atoms with Crippen molar-refractivity contribution in [2.24, 2.45) is 5.92 Å². The predicted octanol–water partition coefficient (Wildman–Crippen LogP) is 4.18. The van der Waals surface area contributed by atoms with Crippen LogP contribution < -0.4 is 5.32 Å². The molecule has 1 atom stereocenters. The van der Waals surface area contributed by atoms with Crippen LogP contribution in [0.2, 0.25) is 0 Å². The van der Waals surface area contributed by atoms with Crippen molar-refractivity contribution in [3.8, 4) is 0 Å². The van der Waals surface area contributed by atoms with E-state index in [2.05, 4.69) is 26.1 Å². The van der Waals surface area contributed by atoms with E-state index in [-0.39, 0.29) is 36.7 Å². The van der Waals surface area contributed by atoms with Crippen LogP contribution in [0.5, 0.6) is 0 Å². The molecule has 3 rings (SSSR count). The Kier molecular flexibility index (Phi) is 7.93. The third-order valence-corrected chi connectivity index (χ3v) is 4.92. The molecule has 0 unspecified atom stereocenters. The lowest BCUT2D eigenvalue weighted by atomic mass is 9.76. The molecule has 0 aromatic heterocycles. The minimum Gasteiger partial charge on any atom is -0.314 e. The highest BCUT2D eigenvalue weighted by Gasteiger charge is 2.34. The topological polar surface area (TPSA) is 15.3 Å². The van der Waals surface area contributed by atoms with Crippen molar-refractivity contribution in [1.82, 2.24) is 10.2 Å². The molecule has 1 aliphatic carbocycles. The molecule has 1 aliphatic heterocycles. The second-order valence-corrected chi connectivity index (χ2v) is 6.50. The van der Waals surface area contributed by atoms with E-state index in [4.69, 9.17) is 0 Å². The van der Waals surface area contributed by atoms with Gasteiger partial charge in [-0.1, -0.05) is 28.4 Å². The number of hydrogen-bond acceptors (Lipinski definition) is 2. The molecular weight excluding hydrogens is 378 g/mol. The second-order valence-electron chi connectivity index (χ2n) is 5.59. The summed E-state index contributed by atoms with van der Waals surface area (Å²) in [6, 6.07) is 5.80. The van der Waals surface area contributed by atoms with Crippen LogP contribution in [-0.2, 0) is 0 Å². The lowest BCUT2D eigenvalue weighted by Gasteiger charge is -2.43. The summed E-state index contributed by atoms with van der Waals surface area (Å²) in [4.78, 5) is 2.46. The first kappa shape index (κ1) is 19.2. The molecule has 0 radical (unpaired) electrons. The lowest BCUT2D eigenvalue weighted by molar-refractivity contribution is 0.0812. The van der Waals surface area contributed by atoms with Gasteiger partial charge in [-0.15, -0.1) is 24.8 Å². The van der Waals surface area contributed by atoms with Crippen LogP contribution >= 0.6 is 40.7 Å². The van der Waals surface area contributed by atoms with Crippen molar-refractivity contribution in [3.63, 3.8) is 0 Å². The molecule has 6 heteroatoms. The average Bonchev–Trinajstić information content (AvgIpc) is 2.35. The molecule has 120 valence electrons. The maximum atomic E-state index is 14.3. The number of hydrogen-bond donors (Lipinski definition) is 1. The molecule has 1 saturated carbocycles. The Morgan fingerprint density at radius 1 is 1.19 bits per heavy atom. The molecule has 0 spiro atoms. The van der Waals surface area contributed by atoms with E-state index in [9.17, 15) is 4.39 Å². The van der Waals surface area contributed by atoms with E-state index in [1.807, 2.05) is 12.1 Å². The van der Waals surface area contributed by atoms with Crippen LogP contribution in [0, 0.1) is 11.7 Å². The summed E-state index contributed by atoms with van der Waals surface area (Å²) in [5.41, 5.74) is 0.884. The number of nitrogens with zero attached hydrogens (tertiary/aromatic N) is 1. The predicted molar refractivity (Wildman–Crippen MR) is 93.1 cm³/mol. The Labute approximate surface area is 146 Å². The fourth-order valence-electron chi connectivity index (χ4n) is 3.21. The van der Waals surface area contributed by atoms with Crippen molar-refractivity contribution in [1.29, 1.82) is 0 Å². The number of piperazine rings is 1. The smallest absolute Gasteiger partial charge is 0.129 e. The Morgan fingerprint density at radius 2 is 1.86 bits per heavy atom. The first-order valence-corrected chi connectivity index (χ1v) is 7.95. The van der Waals surface area contributed by atoms with E-state index in [1.54, 1.807) is 6.07 Å². The van der Waals surface area contributed by atoms with Crippen molar-refractivity contribution >= 4 is 40.7 Å². The van der Waals surface area contributed by atoms with Crippen LogP contribution in [0.1, 0.15) is 30.9 Å². The first-order chi connectivity index (χ1) is 9.25. The van der Waals surface area contributed by atoms with E-state index in [1.165, 1.54) is 19.3 Å². The van der Waals surface area contributed by atoms with Gasteiger partial charge >= 0.3 is 0 Å². The van der Waals surface area contributed by atoms with Crippen LogP contribution in [0.4, 0.5) is 4.39 Å². The highest BCUT2D eigenvalue weighted by atomic mass is 79.9. The van der Waals surface area contributed by atoms with E-state index < -0.39 is 0 Å². The molecule has 2 fully saturated rings. The summed E-state index contributed by atoms with van der Waals surface area (Å²) < 4.78 is 15.1. The lowest BCUT2D eigenvalue weighted by Crippen LogP contribution is -2.48. The third kappa shape index (κ3) is 4.32. The molecule has 1 N–H and O–H groups in total. The van der Waals surface area contributed by atoms with Crippen molar-refractivity contribution in [3.05, 3.63) is 34.1 Å². The van der Waals surface area contributed by atoms with Gasteiger partial charge < -0.3 is 5.32 Å².